The van der Waals surface area contributed by atoms with Gasteiger partial charge in [-0.3, -0.25) is 14.9 Å². The number of benzene rings is 3. The molecule has 31 heavy (non-hydrogen) atoms. The Kier molecular flexibility index (Phi) is 6.61. The molecule has 0 spiro atoms. The molecule has 2 N–H and O–H groups in total. The lowest BCUT2D eigenvalue weighted by Gasteiger charge is -2.11. The van der Waals surface area contributed by atoms with Crippen molar-refractivity contribution >= 4 is 28.9 Å². The standard InChI is InChI=1S/C23H21N3O5/c1-15-8-9-18(23(28)31-2)12-20(15)25-22(27)17-10-11-19(21(13-17)26(29)30)24-14-16-6-4-3-5-7-16/h3-13,24H,14H2,1-2H3,(H,25,27). The van der Waals surface area contributed by atoms with E-state index < -0.39 is 16.8 Å². The van der Waals surface area contributed by atoms with E-state index in [0.717, 1.165) is 11.1 Å². The number of nitro benzene ring substituents is 1. The number of anilines is 2. The number of esters is 1. The van der Waals surface area contributed by atoms with E-state index in [1.165, 1.54) is 31.4 Å². The van der Waals surface area contributed by atoms with Crippen molar-refractivity contribution in [1.82, 2.24) is 0 Å². The number of ether oxygens (including phenoxy) is 1. The second-order valence-corrected chi connectivity index (χ2v) is 6.80. The Morgan fingerprint density at radius 3 is 2.35 bits per heavy atom. The van der Waals surface area contributed by atoms with E-state index in [2.05, 4.69) is 10.6 Å². The smallest absolute Gasteiger partial charge is 0.337 e. The molecule has 0 saturated heterocycles. The highest BCUT2D eigenvalue weighted by atomic mass is 16.6. The van der Waals surface area contributed by atoms with Crippen LogP contribution in [0.4, 0.5) is 17.1 Å². The molecule has 1 amide bonds. The van der Waals surface area contributed by atoms with Crippen molar-refractivity contribution in [3.05, 3.63) is 99.1 Å². The van der Waals surface area contributed by atoms with Gasteiger partial charge in [-0.15, -0.1) is 0 Å². The van der Waals surface area contributed by atoms with Crippen molar-refractivity contribution in [3.63, 3.8) is 0 Å². The van der Waals surface area contributed by atoms with Gasteiger partial charge in [-0.05, 0) is 42.3 Å². The van der Waals surface area contributed by atoms with E-state index in [1.807, 2.05) is 30.3 Å². The zero-order valence-electron chi connectivity index (χ0n) is 17.0. The topological polar surface area (TPSA) is 111 Å². The molecule has 3 aromatic rings. The highest BCUT2D eigenvalue weighted by Gasteiger charge is 2.18. The van der Waals surface area contributed by atoms with Gasteiger partial charge >= 0.3 is 5.97 Å². The van der Waals surface area contributed by atoms with Gasteiger partial charge in [0, 0.05) is 23.9 Å². The maximum absolute atomic E-state index is 12.7. The number of nitrogens with zero attached hydrogens (tertiary/aromatic N) is 1. The molecule has 8 nitrogen and oxygen atoms in total. The van der Waals surface area contributed by atoms with Gasteiger partial charge in [-0.2, -0.15) is 0 Å². The van der Waals surface area contributed by atoms with Crippen molar-refractivity contribution in [1.29, 1.82) is 0 Å². The van der Waals surface area contributed by atoms with Gasteiger partial charge < -0.3 is 15.4 Å². The Morgan fingerprint density at radius 2 is 1.68 bits per heavy atom. The van der Waals surface area contributed by atoms with E-state index >= 15 is 0 Å². The van der Waals surface area contributed by atoms with Gasteiger partial charge in [0.25, 0.3) is 11.6 Å². The normalized spacial score (nSPS) is 10.3. The van der Waals surface area contributed by atoms with Crippen LogP contribution in [0.25, 0.3) is 0 Å². The van der Waals surface area contributed by atoms with E-state index in [1.54, 1.807) is 19.1 Å². The zero-order chi connectivity index (χ0) is 22.4. The molecule has 0 bridgehead atoms. The van der Waals surface area contributed by atoms with Crippen LogP contribution >= 0.6 is 0 Å². The average Bonchev–Trinajstić information content (AvgIpc) is 2.79. The molecule has 0 aliphatic rings. The molecule has 0 radical (unpaired) electrons. The zero-order valence-corrected chi connectivity index (χ0v) is 17.0. The highest BCUT2D eigenvalue weighted by molar-refractivity contribution is 6.06. The molecule has 0 unspecified atom stereocenters. The van der Waals surface area contributed by atoms with Crippen LogP contribution in [0.15, 0.2) is 66.7 Å². The fraction of sp³-hybridized carbons (Fsp3) is 0.130. The van der Waals surface area contributed by atoms with Crippen LogP contribution in [0, 0.1) is 17.0 Å². The molecule has 0 atom stereocenters. The molecular weight excluding hydrogens is 398 g/mol. The largest absolute Gasteiger partial charge is 0.465 e. The number of aryl methyl sites for hydroxylation is 1. The summed E-state index contributed by atoms with van der Waals surface area (Å²) >= 11 is 0. The van der Waals surface area contributed by atoms with Gasteiger partial charge in [0.1, 0.15) is 5.69 Å². The second-order valence-electron chi connectivity index (χ2n) is 6.80. The lowest BCUT2D eigenvalue weighted by molar-refractivity contribution is -0.384. The number of methoxy groups -OCH3 is 1. The molecular formula is C23H21N3O5. The summed E-state index contributed by atoms with van der Waals surface area (Å²) in [5.41, 5.74) is 2.64. The number of nitrogens with one attached hydrogen (secondary N) is 2. The molecule has 3 aromatic carbocycles. The van der Waals surface area contributed by atoms with Gasteiger partial charge in [0.05, 0.1) is 17.6 Å². The van der Waals surface area contributed by atoms with Crippen LogP contribution in [-0.4, -0.2) is 23.9 Å². The van der Waals surface area contributed by atoms with Gasteiger partial charge in [0.15, 0.2) is 0 Å². The monoisotopic (exact) mass is 419 g/mol. The summed E-state index contributed by atoms with van der Waals surface area (Å²) in [7, 11) is 1.27. The number of hydrogen-bond donors (Lipinski definition) is 2. The van der Waals surface area contributed by atoms with E-state index in [-0.39, 0.29) is 16.8 Å². The van der Waals surface area contributed by atoms with E-state index in [9.17, 15) is 19.7 Å². The minimum atomic E-state index is -0.534. The Labute approximate surface area is 179 Å². The van der Waals surface area contributed by atoms with Crippen LogP contribution in [0.2, 0.25) is 0 Å². The van der Waals surface area contributed by atoms with Crippen molar-refractivity contribution in [2.24, 2.45) is 0 Å². The Balaban J connectivity index is 1.81. The predicted octanol–water partition coefficient (Wildman–Crippen LogP) is 4.55. The summed E-state index contributed by atoms with van der Waals surface area (Å²) in [5, 5.41) is 17.3. The molecule has 0 aromatic heterocycles. The Bertz CT molecular complexity index is 1130. The van der Waals surface area contributed by atoms with Gasteiger partial charge in [-0.25, -0.2) is 4.79 Å². The maximum atomic E-state index is 12.7. The predicted molar refractivity (Wildman–Crippen MR) is 117 cm³/mol. The lowest BCUT2D eigenvalue weighted by Crippen LogP contribution is -2.14. The van der Waals surface area contributed by atoms with Crippen LogP contribution in [0.5, 0.6) is 0 Å². The van der Waals surface area contributed by atoms with E-state index in [4.69, 9.17) is 4.74 Å². The van der Waals surface area contributed by atoms with Crippen LogP contribution in [0.3, 0.4) is 0 Å². The molecule has 0 aliphatic carbocycles. The first kappa shape index (κ1) is 21.5. The van der Waals surface area contributed by atoms with Crippen LogP contribution in [0.1, 0.15) is 31.8 Å². The third-order valence-corrected chi connectivity index (χ3v) is 4.69. The maximum Gasteiger partial charge on any atom is 0.337 e. The molecule has 158 valence electrons. The fourth-order valence-corrected chi connectivity index (χ4v) is 2.96. The summed E-state index contributed by atoms with van der Waals surface area (Å²) in [6.45, 7) is 2.18. The molecule has 0 saturated carbocycles. The summed E-state index contributed by atoms with van der Waals surface area (Å²) in [6.07, 6.45) is 0. The number of hydrogen-bond acceptors (Lipinski definition) is 6. The molecule has 0 fully saturated rings. The summed E-state index contributed by atoms with van der Waals surface area (Å²) in [6, 6.07) is 18.5. The minimum Gasteiger partial charge on any atom is -0.465 e. The van der Waals surface area contributed by atoms with Crippen LogP contribution in [-0.2, 0) is 11.3 Å². The number of carbonyl (C=O) groups is 2. The van der Waals surface area contributed by atoms with Crippen molar-refractivity contribution in [3.8, 4) is 0 Å². The summed E-state index contributed by atoms with van der Waals surface area (Å²) in [5.74, 6) is -1.05. The minimum absolute atomic E-state index is 0.125. The molecule has 8 heteroatoms. The molecule has 3 rings (SSSR count). The van der Waals surface area contributed by atoms with Crippen molar-refractivity contribution in [2.45, 2.75) is 13.5 Å². The van der Waals surface area contributed by atoms with E-state index in [0.29, 0.717) is 17.9 Å². The number of amides is 1. The van der Waals surface area contributed by atoms with Crippen molar-refractivity contribution in [2.75, 3.05) is 17.7 Å². The van der Waals surface area contributed by atoms with Crippen LogP contribution < -0.4 is 10.6 Å². The number of rotatable bonds is 7. The third kappa shape index (κ3) is 5.24. The number of nitro groups is 1. The first-order valence-electron chi connectivity index (χ1n) is 9.45. The lowest BCUT2D eigenvalue weighted by atomic mass is 10.1. The first-order chi connectivity index (χ1) is 14.9. The molecule has 0 heterocycles. The summed E-state index contributed by atoms with van der Waals surface area (Å²) < 4.78 is 4.70. The van der Waals surface area contributed by atoms with Crippen molar-refractivity contribution < 1.29 is 19.2 Å². The second kappa shape index (κ2) is 9.53. The molecule has 0 aliphatic heterocycles. The SMILES string of the molecule is COC(=O)c1ccc(C)c(NC(=O)c2ccc(NCc3ccccc3)c([N+](=O)[O-])c2)c1. The van der Waals surface area contributed by atoms with Gasteiger partial charge in [0.2, 0.25) is 0 Å². The Hall–Kier alpha value is -4.20. The van der Waals surface area contributed by atoms with Gasteiger partial charge in [-0.1, -0.05) is 36.4 Å². The first-order valence-corrected chi connectivity index (χ1v) is 9.45. The summed E-state index contributed by atoms with van der Waals surface area (Å²) in [4.78, 5) is 35.5. The average molecular weight is 419 g/mol. The highest BCUT2D eigenvalue weighted by Crippen LogP contribution is 2.27. The Morgan fingerprint density at radius 1 is 0.968 bits per heavy atom. The number of carbonyl (C=O) groups excluding carboxylic acids is 2. The fourth-order valence-electron chi connectivity index (χ4n) is 2.96. The quantitative estimate of drug-likeness (QED) is 0.330. The third-order valence-electron chi connectivity index (χ3n) is 4.69.